The van der Waals surface area contributed by atoms with Gasteiger partial charge in [0.1, 0.15) is 17.1 Å². The molecule has 4 aromatic rings. The van der Waals surface area contributed by atoms with Gasteiger partial charge in [-0.15, -0.1) is 0 Å². The number of carbonyl (C=O) groups excluding carboxylic acids is 1. The minimum Gasteiger partial charge on any atom is -0.457 e. The summed E-state index contributed by atoms with van der Waals surface area (Å²) in [6.45, 7) is 0. The van der Waals surface area contributed by atoms with Gasteiger partial charge in [0, 0.05) is 23.3 Å². The van der Waals surface area contributed by atoms with E-state index in [1.54, 1.807) is 42.7 Å². The molecule has 0 spiro atoms. The minimum atomic E-state index is -0.118. The summed E-state index contributed by atoms with van der Waals surface area (Å²) in [5.41, 5.74) is 1.66. The Hall–Kier alpha value is -3.11. The topological polar surface area (TPSA) is 55.0 Å². The van der Waals surface area contributed by atoms with Gasteiger partial charge in [-0.2, -0.15) is 0 Å². The summed E-state index contributed by atoms with van der Waals surface area (Å²) in [6.07, 6.45) is 3.24. The van der Waals surface area contributed by atoms with Gasteiger partial charge in [-0.3, -0.25) is 4.79 Å². The van der Waals surface area contributed by atoms with Crippen molar-refractivity contribution < 1.29 is 9.53 Å². The molecule has 0 aliphatic rings. The van der Waals surface area contributed by atoms with Crippen molar-refractivity contribution in [3.8, 4) is 11.5 Å². The van der Waals surface area contributed by atoms with Crippen LogP contribution in [0.5, 0.6) is 11.5 Å². The molecule has 2 aromatic carbocycles. The number of aromatic nitrogens is 2. The fourth-order valence-corrected chi connectivity index (χ4v) is 2.90. The minimum absolute atomic E-state index is 0.118. The van der Waals surface area contributed by atoms with Gasteiger partial charge >= 0.3 is 0 Å². The molecule has 0 bridgehead atoms. The van der Waals surface area contributed by atoms with Gasteiger partial charge in [-0.1, -0.05) is 29.8 Å². The first-order valence-electron chi connectivity index (χ1n) is 7.71. The molecule has 0 saturated carbocycles. The molecule has 0 saturated heterocycles. The Labute approximate surface area is 149 Å². The second-order valence-corrected chi connectivity index (χ2v) is 5.89. The molecule has 0 aliphatic carbocycles. The number of ether oxygens (including phenoxy) is 1. The molecule has 4 rings (SSSR count). The van der Waals surface area contributed by atoms with E-state index in [9.17, 15) is 4.79 Å². The maximum Gasteiger partial charge on any atom is 0.195 e. The van der Waals surface area contributed by atoms with Gasteiger partial charge in [-0.25, -0.2) is 4.98 Å². The van der Waals surface area contributed by atoms with Crippen molar-refractivity contribution >= 4 is 28.4 Å². The van der Waals surface area contributed by atoms with E-state index in [0.717, 1.165) is 5.75 Å². The lowest BCUT2D eigenvalue weighted by Gasteiger charge is -2.06. The number of nitrogens with one attached hydrogen (secondary N) is 1. The van der Waals surface area contributed by atoms with Crippen molar-refractivity contribution in [3.05, 3.63) is 89.2 Å². The number of rotatable bonds is 4. The number of halogens is 1. The maximum absolute atomic E-state index is 12.8. The molecule has 122 valence electrons. The van der Waals surface area contributed by atoms with Crippen molar-refractivity contribution in [2.24, 2.45) is 0 Å². The van der Waals surface area contributed by atoms with Gasteiger partial charge in [0.2, 0.25) is 0 Å². The van der Waals surface area contributed by atoms with Crippen LogP contribution < -0.4 is 4.74 Å². The highest BCUT2D eigenvalue weighted by atomic mass is 35.5. The number of H-pyrrole nitrogens is 1. The van der Waals surface area contributed by atoms with Crippen LogP contribution in [0.15, 0.2) is 73.1 Å². The van der Waals surface area contributed by atoms with E-state index in [4.69, 9.17) is 16.3 Å². The zero-order chi connectivity index (χ0) is 17.2. The summed E-state index contributed by atoms with van der Waals surface area (Å²) in [7, 11) is 0. The standard InChI is InChI=1S/C20H13ClN2O2/c21-17-10-11-22-20-18(17)16(12-23-20)19(24)13-6-8-15(9-7-13)25-14-4-2-1-3-5-14/h1-12H,(H,22,23). The average molecular weight is 349 g/mol. The third-order valence-corrected chi connectivity index (χ3v) is 4.18. The second kappa shape index (κ2) is 6.42. The molecule has 2 aromatic heterocycles. The quantitative estimate of drug-likeness (QED) is 0.513. The van der Waals surface area contributed by atoms with Crippen LogP contribution in [0.3, 0.4) is 0 Å². The van der Waals surface area contributed by atoms with Gasteiger partial charge < -0.3 is 9.72 Å². The highest BCUT2D eigenvalue weighted by Gasteiger charge is 2.17. The van der Waals surface area contributed by atoms with E-state index in [-0.39, 0.29) is 5.78 Å². The van der Waals surface area contributed by atoms with Crippen molar-refractivity contribution in [3.63, 3.8) is 0 Å². The molecular formula is C20H13ClN2O2. The molecule has 5 heteroatoms. The van der Waals surface area contributed by atoms with Crippen LogP contribution in [-0.2, 0) is 0 Å². The first kappa shape index (κ1) is 15.4. The Bertz CT molecular complexity index is 1040. The van der Waals surface area contributed by atoms with Crippen LogP contribution in [-0.4, -0.2) is 15.8 Å². The highest BCUT2D eigenvalue weighted by molar-refractivity contribution is 6.37. The molecule has 0 amide bonds. The first-order chi connectivity index (χ1) is 12.2. The SMILES string of the molecule is O=C(c1ccc(Oc2ccccc2)cc1)c1c[nH]c2nccc(Cl)c12. The summed E-state index contributed by atoms with van der Waals surface area (Å²) in [6, 6.07) is 18.2. The second-order valence-electron chi connectivity index (χ2n) is 5.49. The fraction of sp³-hybridized carbons (Fsp3) is 0. The van der Waals surface area contributed by atoms with Crippen molar-refractivity contribution in [2.75, 3.05) is 0 Å². The molecule has 1 N–H and O–H groups in total. The number of para-hydroxylation sites is 1. The van der Waals surface area contributed by atoms with Crippen LogP contribution >= 0.6 is 11.6 Å². The predicted octanol–water partition coefficient (Wildman–Crippen LogP) is 5.24. The Balaban J connectivity index is 1.62. The number of hydrogen-bond donors (Lipinski definition) is 1. The lowest BCUT2D eigenvalue weighted by atomic mass is 10.0. The zero-order valence-electron chi connectivity index (χ0n) is 13.1. The molecule has 0 atom stereocenters. The molecular weight excluding hydrogens is 336 g/mol. The number of carbonyl (C=O) groups is 1. The third kappa shape index (κ3) is 2.99. The zero-order valence-corrected chi connectivity index (χ0v) is 13.8. The van der Waals surface area contributed by atoms with Crippen molar-refractivity contribution in [2.45, 2.75) is 0 Å². The van der Waals surface area contributed by atoms with Crippen molar-refractivity contribution in [1.29, 1.82) is 0 Å². The number of hydrogen-bond acceptors (Lipinski definition) is 3. The summed E-state index contributed by atoms with van der Waals surface area (Å²) in [5, 5.41) is 1.14. The van der Waals surface area contributed by atoms with Crippen LogP contribution in [0.1, 0.15) is 15.9 Å². The smallest absolute Gasteiger partial charge is 0.195 e. The Morgan fingerprint density at radius 2 is 1.68 bits per heavy atom. The van der Waals surface area contributed by atoms with Crippen LogP contribution in [0.4, 0.5) is 0 Å². The summed E-state index contributed by atoms with van der Waals surface area (Å²) in [4.78, 5) is 20.0. The van der Waals surface area contributed by atoms with Gasteiger partial charge in [0.15, 0.2) is 5.78 Å². The molecule has 0 fully saturated rings. The Kier molecular flexibility index (Phi) is 3.96. The Morgan fingerprint density at radius 3 is 2.44 bits per heavy atom. The highest BCUT2D eigenvalue weighted by Crippen LogP contribution is 2.28. The number of benzene rings is 2. The van der Waals surface area contributed by atoms with Gasteiger partial charge in [-0.05, 0) is 42.5 Å². The Morgan fingerprint density at radius 1 is 0.960 bits per heavy atom. The largest absolute Gasteiger partial charge is 0.457 e. The monoisotopic (exact) mass is 348 g/mol. The van der Waals surface area contributed by atoms with Crippen LogP contribution in [0.2, 0.25) is 5.02 Å². The summed E-state index contributed by atoms with van der Waals surface area (Å²) >= 11 is 6.22. The first-order valence-corrected chi connectivity index (χ1v) is 8.09. The number of aromatic amines is 1. The average Bonchev–Trinajstić information content (AvgIpc) is 3.08. The van der Waals surface area contributed by atoms with Gasteiger partial charge in [0.25, 0.3) is 0 Å². The number of fused-ring (bicyclic) bond motifs is 1. The normalized spacial score (nSPS) is 10.8. The molecule has 25 heavy (non-hydrogen) atoms. The maximum atomic E-state index is 12.8. The number of nitrogens with zero attached hydrogens (tertiary/aromatic N) is 1. The summed E-state index contributed by atoms with van der Waals surface area (Å²) < 4.78 is 5.74. The molecule has 4 nitrogen and oxygen atoms in total. The lowest BCUT2D eigenvalue weighted by molar-refractivity contribution is 0.104. The number of ketones is 1. The third-order valence-electron chi connectivity index (χ3n) is 3.86. The van der Waals surface area contributed by atoms with Crippen LogP contribution in [0.25, 0.3) is 11.0 Å². The van der Waals surface area contributed by atoms with Crippen LogP contribution in [0, 0.1) is 0 Å². The summed E-state index contributed by atoms with van der Waals surface area (Å²) in [5.74, 6) is 1.30. The van der Waals surface area contributed by atoms with E-state index < -0.39 is 0 Å². The molecule has 0 aliphatic heterocycles. The predicted molar refractivity (Wildman–Crippen MR) is 97.5 cm³/mol. The van der Waals surface area contributed by atoms with E-state index in [0.29, 0.717) is 32.9 Å². The molecule has 2 heterocycles. The molecule has 0 radical (unpaired) electrons. The van der Waals surface area contributed by atoms with E-state index in [1.165, 1.54) is 0 Å². The van der Waals surface area contributed by atoms with Crippen molar-refractivity contribution in [1.82, 2.24) is 9.97 Å². The van der Waals surface area contributed by atoms with E-state index in [2.05, 4.69) is 9.97 Å². The molecule has 0 unspecified atom stereocenters. The lowest BCUT2D eigenvalue weighted by Crippen LogP contribution is -2.00. The number of pyridine rings is 1. The van der Waals surface area contributed by atoms with E-state index in [1.807, 2.05) is 30.3 Å². The van der Waals surface area contributed by atoms with E-state index >= 15 is 0 Å². The fourth-order valence-electron chi connectivity index (χ4n) is 2.65. The van der Waals surface area contributed by atoms with Gasteiger partial charge in [0.05, 0.1) is 10.6 Å².